The molecule has 5 heteroatoms. The summed E-state index contributed by atoms with van der Waals surface area (Å²) in [5.41, 5.74) is 1.42. The fraction of sp³-hybridized carbons (Fsp3) is 0.250. The van der Waals surface area contributed by atoms with Crippen LogP contribution >= 0.6 is 11.3 Å². The molecule has 0 radical (unpaired) electrons. The van der Waals surface area contributed by atoms with E-state index < -0.39 is 11.9 Å². The summed E-state index contributed by atoms with van der Waals surface area (Å²) in [4.78, 5) is 27.4. The van der Waals surface area contributed by atoms with Gasteiger partial charge in [-0.25, -0.2) is 0 Å². The Kier molecular flexibility index (Phi) is 3.51. The summed E-state index contributed by atoms with van der Waals surface area (Å²) >= 11 is 1.47. The lowest BCUT2D eigenvalue weighted by molar-refractivity contribution is -0.138. The van der Waals surface area contributed by atoms with Crippen molar-refractivity contribution in [1.29, 1.82) is 0 Å². The van der Waals surface area contributed by atoms with Gasteiger partial charge in [0.1, 0.15) is 5.92 Å². The van der Waals surface area contributed by atoms with E-state index in [1.54, 1.807) is 11.0 Å². The maximum atomic E-state index is 12.7. The van der Waals surface area contributed by atoms with Crippen LogP contribution in [0.5, 0.6) is 0 Å². The van der Waals surface area contributed by atoms with Crippen LogP contribution in [0.25, 0.3) is 0 Å². The number of fused-ring (bicyclic) bond motifs is 1. The van der Waals surface area contributed by atoms with Gasteiger partial charge in [-0.05, 0) is 30.2 Å². The first-order chi connectivity index (χ1) is 10.1. The third-order valence-electron chi connectivity index (χ3n) is 3.73. The number of carbonyl (C=O) groups is 2. The summed E-state index contributed by atoms with van der Waals surface area (Å²) in [5.74, 6) is -1.65. The number of nitrogens with zero attached hydrogens (tertiary/aromatic N) is 1. The van der Waals surface area contributed by atoms with E-state index in [1.807, 2.05) is 37.3 Å². The smallest absolute Gasteiger partial charge is 0.312 e. The lowest BCUT2D eigenvalue weighted by Gasteiger charge is -2.16. The van der Waals surface area contributed by atoms with Gasteiger partial charge in [0.25, 0.3) is 5.91 Å². The monoisotopic (exact) mass is 301 g/mol. The highest BCUT2D eigenvalue weighted by Crippen LogP contribution is 2.37. The first-order valence-corrected chi connectivity index (χ1v) is 7.65. The van der Waals surface area contributed by atoms with Crippen molar-refractivity contribution in [2.24, 2.45) is 0 Å². The minimum Gasteiger partial charge on any atom is -0.481 e. The lowest BCUT2D eigenvalue weighted by Crippen LogP contribution is -2.30. The number of anilines is 1. The van der Waals surface area contributed by atoms with Gasteiger partial charge in [-0.3, -0.25) is 9.59 Å². The van der Waals surface area contributed by atoms with E-state index in [1.165, 1.54) is 11.3 Å². The number of para-hydroxylation sites is 1. The molecule has 3 rings (SSSR count). The van der Waals surface area contributed by atoms with E-state index >= 15 is 0 Å². The number of benzene rings is 1. The average Bonchev–Trinajstić information content (AvgIpc) is 3.11. The maximum Gasteiger partial charge on any atom is 0.312 e. The van der Waals surface area contributed by atoms with Crippen LogP contribution in [0, 0.1) is 0 Å². The van der Waals surface area contributed by atoms with Gasteiger partial charge in [0, 0.05) is 17.1 Å². The quantitative estimate of drug-likeness (QED) is 0.947. The Bertz CT molecular complexity index is 707. The largest absolute Gasteiger partial charge is 0.481 e. The van der Waals surface area contributed by atoms with Gasteiger partial charge >= 0.3 is 5.97 Å². The van der Waals surface area contributed by atoms with E-state index in [2.05, 4.69) is 0 Å². The zero-order chi connectivity index (χ0) is 15.0. The van der Waals surface area contributed by atoms with Gasteiger partial charge < -0.3 is 10.0 Å². The maximum absolute atomic E-state index is 12.7. The van der Waals surface area contributed by atoms with Crippen molar-refractivity contribution in [1.82, 2.24) is 0 Å². The van der Waals surface area contributed by atoms with E-state index in [0.29, 0.717) is 16.1 Å². The number of aliphatic carboxylic acids is 1. The van der Waals surface area contributed by atoms with Crippen molar-refractivity contribution in [3.05, 3.63) is 51.7 Å². The minimum atomic E-state index is -0.891. The molecule has 1 amide bonds. The van der Waals surface area contributed by atoms with E-state index in [4.69, 9.17) is 0 Å². The van der Waals surface area contributed by atoms with Crippen molar-refractivity contribution >= 4 is 28.9 Å². The van der Waals surface area contributed by atoms with Crippen LogP contribution in [-0.2, 0) is 11.2 Å². The van der Waals surface area contributed by atoms with Crippen LogP contribution in [0.1, 0.15) is 33.0 Å². The highest BCUT2D eigenvalue weighted by Gasteiger charge is 2.36. The molecule has 0 aliphatic carbocycles. The molecule has 4 nitrogen and oxygen atoms in total. The SMILES string of the molecule is CCc1ccc(C(=O)N2C[C@@H](C(=O)O)c3ccccc32)s1. The van der Waals surface area contributed by atoms with Gasteiger partial charge in [-0.2, -0.15) is 0 Å². The molecule has 1 aromatic heterocycles. The van der Waals surface area contributed by atoms with Gasteiger partial charge in [0.05, 0.1) is 4.88 Å². The molecule has 0 bridgehead atoms. The standard InChI is InChI=1S/C16H15NO3S/c1-2-10-7-8-14(21-10)15(18)17-9-12(16(19)20)11-5-3-4-6-13(11)17/h3-8,12H,2,9H2,1H3,(H,19,20)/t12-/m1/s1. The fourth-order valence-corrected chi connectivity index (χ4v) is 3.52. The highest BCUT2D eigenvalue weighted by molar-refractivity contribution is 7.14. The van der Waals surface area contributed by atoms with Crippen molar-refractivity contribution in [3.63, 3.8) is 0 Å². The van der Waals surface area contributed by atoms with Crippen LogP contribution in [-0.4, -0.2) is 23.5 Å². The lowest BCUT2D eigenvalue weighted by atomic mass is 10.0. The molecule has 0 spiro atoms. The minimum absolute atomic E-state index is 0.115. The van der Waals surface area contributed by atoms with E-state index in [9.17, 15) is 14.7 Å². The van der Waals surface area contributed by atoms with Crippen LogP contribution in [0.3, 0.4) is 0 Å². The molecule has 2 heterocycles. The zero-order valence-electron chi connectivity index (χ0n) is 11.6. The summed E-state index contributed by atoms with van der Waals surface area (Å²) in [5, 5.41) is 9.34. The van der Waals surface area contributed by atoms with Crippen LogP contribution < -0.4 is 4.90 Å². The predicted molar refractivity (Wildman–Crippen MR) is 82.2 cm³/mol. The van der Waals surface area contributed by atoms with Gasteiger partial charge in [-0.1, -0.05) is 25.1 Å². The number of amides is 1. The number of thiophene rings is 1. The van der Waals surface area contributed by atoms with Crippen LogP contribution in [0.2, 0.25) is 0 Å². The molecule has 1 aliphatic rings. The number of rotatable bonds is 3. The zero-order valence-corrected chi connectivity index (χ0v) is 12.4. The van der Waals surface area contributed by atoms with Crippen molar-refractivity contribution in [2.75, 3.05) is 11.4 Å². The summed E-state index contributed by atoms with van der Waals surface area (Å²) < 4.78 is 0. The number of carboxylic acids is 1. The summed E-state index contributed by atoms with van der Waals surface area (Å²) in [6.45, 7) is 2.25. The number of carboxylic acid groups (broad SMARTS) is 1. The molecule has 1 N–H and O–H groups in total. The normalized spacial score (nSPS) is 16.8. The van der Waals surface area contributed by atoms with Crippen molar-refractivity contribution in [3.8, 4) is 0 Å². The van der Waals surface area contributed by atoms with E-state index in [0.717, 1.165) is 11.3 Å². The Morgan fingerprint density at radius 2 is 2.05 bits per heavy atom. The van der Waals surface area contributed by atoms with Gasteiger partial charge in [0.15, 0.2) is 0 Å². The molecule has 1 atom stereocenters. The number of hydrogen-bond donors (Lipinski definition) is 1. The Labute approximate surface area is 126 Å². The summed E-state index contributed by atoms with van der Waals surface area (Å²) in [6, 6.07) is 11.0. The molecule has 1 aromatic carbocycles. The Morgan fingerprint density at radius 1 is 1.29 bits per heavy atom. The third-order valence-corrected chi connectivity index (χ3v) is 4.95. The van der Waals surface area contributed by atoms with Crippen LogP contribution in [0.15, 0.2) is 36.4 Å². The van der Waals surface area contributed by atoms with Gasteiger partial charge in [-0.15, -0.1) is 11.3 Å². The fourth-order valence-electron chi connectivity index (χ4n) is 2.63. The summed E-state index contributed by atoms with van der Waals surface area (Å²) in [7, 11) is 0. The molecule has 0 saturated heterocycles. The van der Waals surface area contributed by atoms with Crippen molar-refractivity contribution in [2.45, 2.75) is 19.3 Å². The molecule has 21 heavy (non-hydrogen) atoms. The Balaban J connectivity index is 1.96. The molecule has 0 fully saturated rings. The third kappa shape index (κ3) is 2.34. The number of hydrogen-bond acceptors (Lipinski definition) is 3. The number of carbonyl (C=O) groups excluding carboxylic acids is 1. The molecular weight excluding hydrogens is 286 g/mol. The topological polar surface area (TPSA) is 57.6 Å². The molecular formula is C16H15NO3S. The first-order valence-electron chi connectivity index (χ1n) is 6.84. The number of aryl methyl sites for hydroxylation is 1. The highest BCUT2D eigenvalue weighted by atomic mass is 32.1. The Morgan fingerprint density at radius 3 is 2.71 bits per heavy atom. The molecule has 108 valence electrons. The van der Waals surface area contributed by atoms with Gasteiger partial charge in [0.2, 0.25) is 0 Å². The van der Waals surface area contributed by atoms with Crippen LogP contribution in [0.4, 0.5) is 5.69 Å². The second-order valence-electron chi connectivity index (χ2n) is 4.98. The van der Waals surface area contributed by atoms with E-state index in [-0.39, 0.29) is 12.5 Å². The molecule has 0 unspecified atom stereocenters. The molecule has 1 aliphatic heterocycles. The second-order valence-corrected chi connectivity index (χ2v) is 6.15. The molecule has 2 aromatic rings. The van der Waals surface area contributed by atoms with Crippen molar-refractivity contribution < 1.29 is 14.7 Å². The summed E-state index contributed by atoms with van der Waals surface area (Å²) in [6.07, 6.45) is 0.895. The molecule has 0 saturated carbocycles. The second kappa shape index (κ2) is 5.33. The predicted octanol–water partition coefficient (Wildman–Crippen LogP) is 3.14. The Hall–Kier alpha value is -2.14. The first kappa shape index (κ1) is 13.8. The average molecular weight is 301 g/mol.